The van der Waals surface area contributed by atoms with E-state index < -0.39 is 48.1 Å². The van der Waals surface area contributed by atoms with Crippen molar-refractivity contribution in [1.82, 2.24) is 4.72 Å². The zero-order valence-corrected chi connectivity index (χ0v) is 13.2. The molecular formula is C14H14F6N2OS. The van der Waals surface area contributed by atoms with Crippen molar-refractivity contribution >= 4 is 11.0 Å². The molecule has 0 aliphatic heterocycles. The Morgan fingerprint density at radius 2 is 1.54 bits per heavy atom. The molecule has 1 aromatic rings. The highest BCUT2D eigenvalue weighted by molar-refractivity contribution is 7.83. The molecule has 1 N–H and O–H groups in total. The number of nitrogens with one attached hydrogen (secondary N) is 1. The Balaban J connectivity index is 2.94. The van der Waals surface area contributed by atoms with Gasteiger partial charge in [-0.3, -0.25) is 0 Å². The highest BCUT2D eigenvalue weighted by atomic mass is 32.2. The summed E-state index contributed by atoms with van der Waals surface area (Å²) in [5.74, 6) is -2.09. The monoisotopic (exact) mass is 372 g/mol. The van der Waals surface area contributed by atoms with E-state index in [9.17, 15) is 30.6 Å². The lowest BCUT2D eigenvalue weighted by molar-refractivity contribution is -0.174. The second-order valence-corrected chi connectivity index (χ2v) is 6.45. The first-order valence-corrected chi connectivity index (χ1v) is 7.84. The summed E-state index contributed by atoms with van der Waals surface area (Å²) in [5.41, 5.74) is 0.833. The number of alkyl halides is 6. The standard InChI is InChI=1S/C14H14F6N2OS/c1-9-2-4-11(5-3-9)24(23)22-12(8-21)10(6-13(15,16)17)7-14(18,19)20/h2-5,10,12,22H,6-7H2,1H3. The van der Waals surface area contributed by atoms with Crippen molar-refractivity contribution in [3.05, 3.63) is 29.8 Å². The topological polar surface area (TPSA) is 52.9 Å². The zero-order valence-electron chi connectivity index (χ0n) is 12.4. The Hall–Kier alpha value is -1.60. The molecule has 2 unspecified atom stereocenters. The largest absolute Gasteiger partial charge is 0.389 e. The van der Waals surface area contributed by atoms with E-state index in [-0.39, 0.29) is 4.90 Å². The Morgan fingerprint density at radius 1 is 1.08 bits per heavy atom. The molecule has 0 saturated carbocycles. The maximum absolute atomic E-state index is 12.5. The van der Waals surface area contributed by atoms with Crippen LogP contribution in [0.25, 0.3) is 0 Å². The average Bonchev–Trinajstić information content (AvgIpc) is 2.41. The first-order valence-electron chi connectivity index (χ1n) is 6.69. The molecule has 0 amide bonds. The molecule has 0 radical (unpaired) electrons. The molecule has 24 heavy (non-hydrogen) atoms. The summed E-state index contributed by atoms with van der Waals surface area (Å²) in [6.45, 7) is 1.75. The third kappa shape index (κ3) is 7.31. The highest BCUT2D eigenvalue weighted by Crippen LogP contribution is 2.34. The number of benzene rings is 1. The average molecular weight is 372 g/mol. The molecule has 1 aromatic carbocycles. The molecule has 0 aliphatic rings. The zero-order chi connectivity index (χ0) is 18.5. The van der Waals surface area contributed by atoms with Crippen LogP contribution in [-0.4, -0.2) is 22.6 Å². The van der Waals surface area contributed by atoms with Gasteiger partial charge in [-0.25, -0.2) is 8.93 Å². The minimum atomic E-state index is -4.88. The number of aryl methyl sites for hydroxylation is 1. The first kappa shape index (κ1) is 20.4. The van der Waals surface area contributed by atoms with Crippen LogP contribution in [0.1, 0.15) is 18.4 Å². The maximum atomic E-state index is 12.5. The van der Waals surface area contributed by atoms with Gasteiger partial charge in [0.1, 0.15) is 17.0 Å². The van der Waals surface area contributed by atoms with Crippen molar-refractivity contribution in [1.29, 1.82) is 5.26 Å². The molecule has 0 bridgehead atoms. The number of hydrogen-bond acceptors (Lipinski definition) is 2. The maximum Gasteiger partial charge on any atom is 0.389 e. The second kappa shape index (κ2) is 7.98. The molecule has 0 spiro atoms. The van der Waals surface area contributed by atoms with Crippen LogP contribution in [0.5, 0.6) is 0 Å². The highest BCUT2D eigenvalue weighted by Gasteiger charge is 2.42. The SMILES string of the molecule is Cc1ccc(S(=O)NC(C#N)C(CC(F)(F)F)CC(F)(F)F)cc1. The Morgan fingerprint density at radius 3 is 1.92 bits per heavy atom. The van der Waals surface area contributed by atoms with Crippen molar-refractivity contribution in [2.75, 3.05) is 0 Å². The van der Waals surface area contributed by atoms with E-state index >= 15 is 0 Å². The molecule has 0 aliphatic carbocycles. The van der Waals surface area contributed by atoms with E-state index in [1.54, 1.807) is 19.1 Å². The summed E-state index contributed by atoms with van der Waals surface area (Å²) in [4.78, 5) is 0.151. The van der Waals surface area contributed by atoms with Crippen LogP contribution in [0, 0.1) is 24.2 Å². The van der Waals surface area contributed by atoms with Crippen molar-refractivity contribution in [2.24, 2.45) is 5.92 Å². The Labute approximate surface area is 137 Å². The fraction of sp³-hybridized carbons (Fsp3) is 0.500. The van der Waals surface area contributed by atoms with E-state index in [4.69, 9.17) is 5.26 Å². The quantitative estimate of drug-likeness (QED) is 0.767. The molecule has 0 aromatic heterocycles. The fourth-order valence-electron chi connectivity index (χ4n) is 1.98. The van der Waals surface area contributed by atoms with E-state index in [0.29, 0.717) is 0 Å². The van der Waals surface area contributed by atoms with Gasteiger partial charge in [0.2, 0.25) is 0 Å². The fourth-order valence-corrected chi connectivity index (χ4v) is 2.97. The summed E-state index contributed by atoms with van der Waals surface area (Å²) >= 11 is 0. The number of hydrogen-bond donors (Lipinski definition) is 1. The van der Waals surface area contributed by atoms with Crippen molar-refractivity contribution in [3.63, 3.8) is 0 Å². The lowest BCUT2D eigenvalue weighted by atomic mass is 9.93. The van der Waals surface area contributed by atoms with E-state index in [0.717, 1.165) is 5.56 Å². The molecule has 3 nitrogen and oxygen atoms in total. The van der Waals surface area contributed by atoms with Crippen LogP contribution in [-0.2, 0) is 11.0 Å². The van der Waals surface area contributed by atoms with Gasteiger partial charge < -0.3 is 0 Å². The lowest BCUT2D eigenvalue weighted by Gasteiger charge is -2.24. The van der Waals surface area contributed by atoms with Crippen molar-refractivity contribution in [2.45, 2.75) is 43.1 Å². The lowest BCUT2D eigenvalue weighted by Crippen LogP contribution is -2.40. The van der Waals surface area contributed by atoms with Gasteiger partial charge >= 0.3 is 12.4 Å². The molecule has 134 valence electrons. The van der Waals surface area contributed by atoms with Crippen LogP contribution < -0.4 is 4.72 Å². The van der Waals surface area contributed by atoms with Gasteiger partial charge in [0.15, 0.2) is 0 Å². The minimum absolute atomic E-state index is 0.151. The molecular weight excluding hydrogens is 358 g/mol. The second-order valence-electron chi connectivity index (χ2n) is 5.21. The first-order chi connectivity index (χ1) is 10.9. The molecule has 10 heteroatoms. The van der Waals surface area contributed by atoms with Gasteiger partial charge in [-0.2, -0.15) is 31.6 Å². The van der Waals surface area contributed by atoms with Crippen molar-refractivity contribution in [3.8, 4) is 6.07 Å². The number of nitriles is 1. The van der Waals surface area contributed by atoms with Gasteiger partial charge in [-0.05, 0) is 19.1 Å². The van der Waals surface area contributed by atoms with Gasteiger partial charge in [-0.15, -0.1) is 0 Å². The summed E-state index contributed by atoms with van der Waals surface area (Å²) in [6, 6.07) is 5.48. The van der Waals surface area contributed by atoms with Gasteiger partial charge in [0.05, 0.1) is 11.0 Å². The van der Waals surface area contributed by atoms with Crippen molar-refractivity contribution < 1.29 is 30.6 Å². The van der Waals surface area contributed by atoms with Crippen LogP contribution in [0.4, 0.5) is 26.3 Å². The number of rotatable bonds is 6. The predicted molar refractivity (Wildman–Crippen MR) is 75.0 cm³/mol. The smallest absolute Gasteiger partial charge is 0.237 e. The Bertz CT molecular complexity index is 590. The third-order valence-electron chi connectivity index (χ3n) is 3.07. The third-order valence-corrected chi connectivity index (χ3v) is 4.24. The molecule has 0 fully saturated rings. The predicted octanol–water partition coefficient (Wildman–Crippen LogP) is 4.02. The minimum Gasteiger partial charge on any atom is -0.237 e. The van der Waals surface area contributed by atoms with Gasteiger partial charge in [0, 0.05) is 18.8 Å². The summed E-state index contributed by atoms with van der Waals surface area (Å²) < 4.78 is 89.1. The summed E-state index contributed by atoms with van der Waals surface area (Å²) in [6.07, 6.45) is -13.4. The van der Waals surface area contributed by atoms with Crippen LogP contribution in [0.3, 0.4) is 0 Å². The molecule has 0 heterocycles. The van der Waals surface area contributed by atoms with Crippen LogP contribution in [0.2, 0.25) is 0 Å². The number of nitrogens with zero attached hydrogens (tertiary/aromatic N) is 1. The molecule has 1 rings (SSSR count). The number of halogens is 6. The van der Waals surface area contributed by atoms with E-state index in [1.807, 2.05) is 0 Å². The van der Waals surface area contributed by atoms with Gasteiger partial charge in [0.25, 0.3) is 0 Å². The van der Waals surface area contributed by atoms with Crippen LogP contribution >= 0.6 is 0 Å². The Kier molecular flexibility index (Phi) is 6.80. The van der Waals surface area contributed by atoms with Gasteiger partial charge in [-0.1, -0.05) is 17.7 Å². The molecule has 0 saturated heterocycles. The van der Waals surface area contributed by atoms with E-state index in [2.05, 4.69) is 4.72 Å². The summed E-state index contributed by atoms with van der Waals surface area (Å²) in [5, 5.41) is 8.95. The summed E-state index contributed by atoms with van der Waals surface area (Å²) in [7, 11) is -2.11. The normalized spacial score (nSPS) is 15.1. The van der Waals surface area contributed by atoms with E-state index in [1.165, 1.54) is 18.2 Å². The molecule has 2 atom stereocenters. The van der Waals surface area contributed by atoms with Crippen LogP contribution in [0.15, 0.2) is 29.2 Å².